The SMILES string of the molecule is C/N=C\c1cc(-c2cn[nH]c2)ccc1NC[C@@H]1C[C@H](C)N(C(=O)CCc2ccc(F)cc2)C1. The number of nitrogens with zero attached hydrogens (tertiary/aromatic N) is 3. The molecule has 172 valence electrons. The summed E-state index contributed by atoms with van der Waals surface area (Å²) in [6.07, 6.45) is 7.58. The smallest absolute Gasteiger partial charge is 0.223 e. The summed E-state index contributed by atoms with van der Waals surface area (Å²) in [4.78, 5) is 19.0. The fraction of sp³-hybridized carbons (Fsp3) is 0.346. The molecule has 0 unspecified atom stereocenters. The summed E-state index contributed by atoms with van der Waals surface area (Å²) < 4.78 is 13.1. The van der Waals surface area contributed by atoms with Gasteiger partial charge in [0.05, 0.1) is 6.20 Å². The van der Waals surface area contributed by atoms with Crippen molar-refractivity contribution in [1.29, 1.82) is 0 Å². The van der Waals surface area contributed by atoms with E-state index < -0.39 is 0 Å². The minimum Gasteiger partial charge on any atom is -0.384 e. The van der Waals surface area contributed by atoms with Crippen molar-refractivity contribution >= 4 is 17.8 Å². The molecule has 1 amide bonds. The van der Waals surface area contributed by atoms with E-state index in [2.05, 4.69) is 45.6 Å². The third-order valence-corrected chi connectivity index (χ3v) is 6.26. The lowest BCUT2D eigenvalue weighted by Gasteiger charge is -2.21. The Balaban J connectivity index is 1.33. The Kier molecular flexibility index (Phi) is 7.17. The van der Waals surface area contributed by atoms with Crippen molar-refractivity contribution in [3.8, 4) is 11.1 Å². The van der Waals surface area contributed by atoms with E-state index in [0.717, 1.165) is 47.5 Å². The van der Waals surface area contributed by atoms with Gasteiger partial charge in [0.15, 0.2) is 0 Å². The summed E-state index contributed by atoms with van der Waals surface area (Å²) in [6, 6.07) is 12.8. The molecule has 2 heterocycles. The van der Waals surface area contributed by atoms with Crippen LogP contribution >= 0.6 is 0 Å². The molecule has 2 N–H and O–H groups in total. The van der Waals surface area contributed by atoms with Crippen molar-refractivity contribution in [1.82, 2.24) is 15.1 Å². The molecule has 0 radical (unpaired) electrons. The van der Waals surface area contributed by atoms with Crippen LogP contribution in [0.2, 0.25) is 0 Å². The number of hydrogen-bond acceptors (Lipinski definition) is 4. The first kappa shape index (κ1) is 22.7. The van der Waals surface area contributed by atoms with Gasteiger partial charge in [0.25, 0.3) is 0 Å². The van der Waals surface area contributed by atoms with E-state index in [4.69, 9.17) is 0 Å². The number of likely N-dealkylation sites (tertiary alicyclic amines) is 1. The van der Waals surface area contributed by atoms with Crippen molar-refractivity contribution in [2.24, 2.45) is 10.9 Å². The Bertz CT molecular complexity index is 1090. The van der Waals surface area contributed by atoms with E-state index in [1.54, 1.807) is 25.4 Å². The van der Waals surface area contributed by atoms with Gasteiger partial charge in [-0.2, -0.15) is 5.10 Å². The molecule has 1 saturated heterocycles. The zero-order chi connectivity index (χ0) is 23.2. The van der Waals surface area contributed by atoms with Crippen LogP contribution < -0.4 is 5.32 Å². The van der Waals surface area contributed by atoms with Gasteiger partial charge in [-0.15, -0.1) is 0 Å². The van der Waals surface area contributed by atoms with Crippen LogP contribution in [0.4, 0.5) is 10.1 Å². The average molecular weight is 448 g/mol. The zero-order valence-electron chi connectivity index (χ0n) is 19.1. The fourth-order valence-corrected chi connectivity index (χ4v) is 4.50. The number of H-pyrrole nitrogens is 1. The van der Waals surface area contributed by atoms with E-state index in [9.17, 15) is 9.18 Å². The van der Waals surface area contributed by atoms with Crippen molar-refractivity contribution in [3.05, 3.63) is 71.8 Å². The highest BCUT2D eigenvalue weighted by Crippen LogP contribution is 2.27. The number of nitrogens with one attached hydrogen (secondary N) is 2. The molecule has 6 nitrogen and oxygen atoms in total. The Hall–Kier alpha value is -3.48. The molecule has 2 atom stereocenters. The highest BCUT2D eigenvalue weighted by molar-refractivity contribution is 5.90. The lowest BCUT2D eigenvalue weighted by Crippen LogP contribution is -2.34. The number of aromatic amines is 1. The van der Waals surface area contributed by atoms with Gasteiger partial charge in [-0.3, -0.25) is 14.9 Å². The van der Waals surface area contributed by atoms with Crippen LogP contribution in [0.5, 0.6) is 0 Å². The molecule has 1 fully saturated rings. The van der Waals surface area contributed by atoms with Crippen molar-refractivity contribution in [2.75, 3.05) is 25.5 Å². The number of halogens is 1. The predicted octanol–water partition coefficient (Wildman–Crippen LogP) is 4.55. The first-order valence-electron chi connectivity index (χ1n) is 11.4. The van der Waals surface area contributed by atoms with E-state index in [0.29, 0.717) is 18.8 Å². The molecule has 7 heteroatoms. The van der Waals surface area contributed by atoms with Crippen LogP contribution in [0.3, 0.4) is 0 Å². The average Bonchev–Trinajstić information content (AvgIpc) is 3.48. The van der Waals surface area contributed by atoms with Crippen LogP contribution in [0.25, 0.3) is 11.1 Å². The maximum absolute atomic E-state index is 13.1. The number of anilines is 1. The van der Waals surface area contributed by atoms with Gasteiger partial charge < -0.3 is 10.2 Å². The minimum atomic E-state index is -0.252. The van der Waals surface area contributed by atoms with Gasteiger partial charge in [0, 0.05) is 61.8 Å². The van der Waals surface area contributed by atoms with Gasteiger partial charge >= 0.3 is 0 Å². The number of hydrogen-bond donors (Lipinski definition) is 2. The monoisotopic (exact) mass is 447 g/mol. The number of amides is 1. The molecule has 3 aromatic rings. The lowest BCUT2D eigenvalue weighted by atomic mass is 10.0. The molecule has 33 heavy (non-hydrogen) atoms. The van der Waals surface area contributed by atoms with Gasteiger partial charge in [-0.05, 0) is 61.1 Å². The molecule has 1 aliphatic rings. The predicted molar refractivity (Wildman–Crippen MR) is 130 cm³/mol. The summed E-state index contributed by atoms with van der Waals surface area (Å²) in [5, 5.41) is 10.4. The summed E-state index contributed by atoms with van der Waals surface area (Å²) in [6.45, 7) is 3.66. The minimum absolute atomic E-state index is 0.164. The first-order valence-corrected chi connectivity index (χ1v) is 11.4. The standard InChI is InChI=1S/C26H30FN5O/c1-18-11-20(17-32(18)26(33)10-5-19-3-7-24(27)8-4-19)13-29-25-9-6-21(12-22(25)14-28-2)23-15-30-31-16-23/h3-4,6-9,12,14-16,18,20,29H,5,10-11,13,17H2,1-2H3,(H,30,31)/b28-14-/t18-,20-/m0/s1. The van der Waals surface area contributed by atoms with E-state index in [-0.39, 0.29) is 17.8 Å². The largest absolute Gasteiger partial charge is 0.384 e. The summed E-state index contributed by atoms with van der Waals surface area (Å²) in [5.41, 5.74) is 5.15. The molecule has 1 aliphatic heterocycles. The van der Waals surface area contributed by atoms with Gasteiger partial charge in [-0.25, -0.2) is 4.39 Å². The number of aryl methyl sites for hydroxylation is 1. The maximum Gasteiger partial charge on any atom is 0.223 e. The van der Waals surface area contributed by atoms with Crippen molar-refractivity contribution < 1.29 is 9.18 Å². The number of aliphatic imine (C=N–C) groups is 1. The Morgan fingerprint density at radius 2 is 2.09 bits per heavy atom. The van der Waals surface area contributed by atoms with Crippen LogP contribution in [0.15, 0.2) is 59.9 Å². The van der Waals surface area contributed by atoms with E-state index >= 15 is 0 Å². The van der Waals surface area contributed by atoms with Gasteiger partial charge in [-0.1, -0.05) is 18.2 Å². The van der Waals surface area contributed by atoms with Crippen LogP contribution in [0, 0.1) is 11.7 Å². The van der Waals surface area contributed by atoms with Crippen LogP contribution in [-0.2, 0) is 11.2 Å². The third kappa shape index (κ3) is 5.66. The molecule has 0 saturated carbocycles. The number of benzene rings is 2. The summed E-state index contributed by atoms with van der Waals surface area (Å²) in [7, 11) is 1.77. The number of aromatic nitrogens is 2. The van der Waals surface area contributed by atoms with Crippen LogP contribution in [-0.4, -0.2) is 53.4 Å². The highest BCUT2D eigenvalue weighted by Gasteiger charge is 2.31. The molecule has 0 spiro atoms. The first-order chi connectivity index (χ1) is 16.0. The van der Waals surface area contributed by atoms with E-state index in [1.807, 2.05) is 17.3 Å². The lowest BCUT2D eigenvalue weighted by molar-refractivity contribution is -0.131. The molecule has 0 aliphatic carbocycles. The van der Waals surface area contributed by atoms with Crippen molar-refractivity contribution in [3.63, 3.8) is 0 Å². The fourth-order valence-electron chi connectivity index (χ4n) is 4.50. The van der Waals surface area contributed by atoms with Gasteiger partial charge in [0.2, 0.25) is 5.91 Å². The molecular formula is C26H30FN5O. The topological polar surface area (TPSA) is 73.4 Å². The second kappa shape index (κ2) is 10.4. The van der Waals surface area contributed by atoms with Crippen LogP contribution in [0.1, 0.15) is 30.9 Å². The molecule has 0 bridgehead atoms. The molecule has 4 rings (SSSR count). The molecule has 1 aromatic heterocycles. The number of carbonyl (C=O) groups excluding carboxylic acids is 1. The Morgan fingerprint density at radius 3 is 2.82 bits per heavy atom. The maximum atomic E-state index is 13.1. The summed E-state index contributed by atoms with van der Waals surface area (Å²) >= 11 is 0. The van der Waals surface area contributed by atoms with Gasteiger partial charge in [0.1, 0.15) is 5.82 Å². The number of rotatable bonds is 8. The Morgan fingerprint density at radius 1 is 1.27 bits per heavy atom. The quantitative estimate of drug-likeness (QED) is 0.498. The second-order valence-electron chi connectivity index (χ2n) is 8.68. The second-order valence-corrected chi connectivity index (χ2v) is 8.68. The number of carbonyl (C=O) groups is 1. The highest BCUT2D eigenvalue weighted by atomic mass is 19.1. The van der Waals surface area contributed by atoms with E-state index in [1.165, 1.54) is 12.1 Å². The summed E-state index contributed by atoms with van der Waals surface area (Å²) in [5.74, 6) is 0.297. The molecule has 2 aromatic carbocycles. The molecular weight excluding hydrogens is 417 g/mol. The Labute approximate surface area is 193 Å². The third-order valence-electron chi connectivity index (χ3n) is 6.26. The zero-order valence-corrected chi connectivity index (χ0v) is 19.1. The van der Waals surface area contributed by atoms with Crippen molar-refractivity contribution in [2.45, 2.75) is 32.2 Å². The normalized spacial score (nSPS) is 18.2.